The molecule has 0 saturated carbocycles. The maximum absolute atomic E-state index is 12.8. The van der Waals surface area contributed by atoms with E-state index in [1.807, 2.05) is 0 Å². The quantitative estimate of drug-likeness (QED) is 0.0262. The lowest BCUT2D eigenvalue weighted by atomic mass is 10.0. The van der Waals surface area contributed by atoms with E-state index in [1.54, 1.807) is 0 Å². The second kappa shape index (κ2) is 51.8. The van der Waals surface area contributed by atoms with Crippen molar-refractivity contribution in [2.45, 2.75) is 316 Å². The van der Waals surface area contributed by atoms with Crippen LogP contribution in [0.15, 0.2) is 12.2 Å². The maximum atomic E-state index is 12.8. The highest BCUT2D eigenvalue weighted by atomic mass is 16.6. The van der Waals surface area contributed by atoms with Crippen molar-refractivity contribution < 1.29 is 28.6 Å². The summed E-state index contributed by atoms with van der Waals surface area (Å²) in [5.41, 5.74) is 0. The summed E-state index contributed by atoms with van der Waals surface area (Å²) in [6, 6.07) is 0. The number of esters is 3. The Morgan fingerprint density at radius 1 is 0.306 bits per heavy atom. The number of unbranched alkanes of at least 4 members (excludes halogenated alkanes) is 38. The zero-order valence-electron chi connectivity index (χ0n) is 41.9. The van der Waals surface area contributed by atoms with Gasteiger partial charge >= 0.3 is 17.9 Å². The van der Waals surface area contributed by atoms with Crippen LogP contribution in [0.5, 0.6) is 0 Å². The molecule has 1 unspecified atom stereocenters. The summed E-state index contributed by atoms with van der Waals surface area (Å²) in [6.07, 6.45) is 57.7. The SMILES string of the molecule is CCCCCCCCC/C=C\CCCCCC(=O)OCC(COC(=O)CCCCCCCCCCCCCCCCC)OC(=O)CCCCCCCCCCCCCCCCC. The molecule has 0 aromatic rings. The third-order valence-electron chi connectivity index (χ3n) is 12.5. The number of ether oxygens (including phenoxy) is 3. The number of hydrogen-bond acceptors (Lipinski definition) is 6. The summed E-state index contributed by atoms with van der Waals surface area (Å²) < 4.78 is 16.8. The van der Waals surface area contributed by atoms with Gasteiger partial charge in [0, 0.05) is 19.3 Å². The lowest BCUT2D eigenvalue weighted by molar-refractivity contribution is -0.167. The Bertz CT molecular complexity index is 962. The van der Waals surface area contributed by atoms with Gasteiger partial charge in [-0.25, -0.2) is 0 Å². The number of carbonyl (C=O) groups is 3. The Labute approximate surface area is 386 Å². The first-order valence-electron chi connectivity index (χ1n) is 27.7. The molecule has 1 atom stereocenters. The van der Waals surface area contributed by atoms with Crippen molar-refractivity contribution in [3.8, 4) is 0 Å². The summed E-state index contributed by atoms with van der Waals surface area (Å²) in [5.74, 6) is -0.864. The van der Waals surface area contributed by atoms with Crippen molar-refractivity contribution in [1.82, 2.24) is 0 Å². The topological polar surface area (TPSA) is 78.9 Å². The number of hydrogen-bond donors (Lipinski definition) is 0. The van der Waals surface area contributed by atoms with Gasteiger partial charge in [-0.15, -0.1) is 0 Å². The zero-order chi connectivity index (χ0) is 45.1. The Morgan fingerprint density at radius 3 is 0.823 bits per heavy atom. The standard InChI is InChI=1S/C56H106O6/c1-4-7-10-13-16-19-22-25-28-31-34-37-40-43-46-49-55(58)61-52-53(51-60-54(57)48-45-42-39-36-33-30-27-24-21-18-15-12-9-6-3)62-56(59)50-47-44-41-38-35-32-29-26-23-20-17-14-11-8-5-2/h30,33,53H,4-29,31-32,34-52H2,1-3H3/b33-30-. The number of rotatable bonds is 51. The van der Waals surface area contributed by atoms with Crippen molar-refractivity contribution >= 4 is 17.9 Å². The highest BCUT2D eigenvalue weighted by molar-refractivity contribution is 5.71. The molecular weight excluding hydrogens is 769 g/mol. The first-order valence-corrected chi connectivity index (χ1v) is 27.7. The molecule has 0 radical (unpaired) electrons. The average molecular weight is 875 g/mol. The van der Waals surface area contributed by atoms with Crippen LogP contribution in [-0.2, 0) is 28.6 Å². The highest BCUT2D eigenvalue weighted by Crippen LogP contribution is 2.17. The average Bonchev–Trinajstić information content (AvgIpc) is 3.27. The van der Waals surface area contributed by atoms with Crippen LogP contribution in [0.3, 0.4) is 0 Å². The minimum Gasteiger partial charge on any atom is -0.462 e. The van der Waals surface area contributed by atoms with Gasteiger partial charge in [0.15, 0.2) is 6.10 Å². The smallest absolute Gasteiger partial charge is 0.306 e. The molecule has 0 aliphatic rings. The second-order valence-electron chi connectivity index (χ2n) is 18.9. The monoisotopic (exact) mass is 875 g/mol. The van der Waals surface area contributed by atoms with Crippen molar-refractivity contribution in [3.05, 3.63) is 12.2 Å². The van der Waals surface area contributed by atoms with Gasteiger partial charge in [-0.3, -0.25) is 14.4 Å². The summed E-state index contributed by atoms with van der Waals surface area (Å²) in [4.78, 5) is 38.0. The third-order valence-corrected chi connectivity index (χ3v) is 12.5. The molecule has 6 heteroatoms. The summed E-state index contributed by atoms with van der Waals surface area (Å²) >= 11 is 0. The summed E-state index contributed by atoms with van der Waals surface area (Å²) in [5, 5.41) is 0. The van der Waals surface area contributed by atoms with E-state index >= 15 is 0 Å². The second-order valence-corrected chi connectivity index (χ2v) is 18.9. The van der Waals surface area contributed by atoms with Crippen LogP contribution < -0.4 is 0 Å². The van der Waals surface area contributed by atoms with E-state index in [9.17, 15) is 14.4 Å². The molecule has 0 aliphatic heterocycles. The molecule has 0 heterocycles. The van der Waals surface area contributed by atoms with Gasteiger partial charge in [-0.05, 0) is 44.9 Å². The molecule has 6 nitrogen and oxygen atoms in total. The Balaban J connectivity index is 4.34. The molecule has 0 N–H and O–H groups in total. The molecule has 0 amide bonds. The van der Waals surface area contributed by atoms with Crippen LogP contribution in [0.2, 0.25) is 0 Å². The van der Waals surface area contributed by atoms with Gasteiger partial charge in [0.25, 0.3) is 0 Å². The lowest BCUT2D eigenvalue weighted by Crippen LogP contribution is -2.30. The number of allylic oxidation sites excluding steroid dienone is 2. The van der Waals surface area contributed by atoms with Gasteiger partial charge in [0.05, 0.1) is 0 Å². The predicted molar refractivity (Wildman–Crippen MR) is 266 cm³/mol. The highest BCUT2D eigenvalue weighted by Gasteiger charge is 2.19. The number of carbonyl (C=O) groups excluding carboxylic acids is 3. The predicted octanol–water partition coefficient (Wildman–Crippen LogP) is 18.2. The van der Waals surface area contributed by atoms with Gasteiger partial charge in [0.2, 0.25) is 0 Å². The fraction of sp³-hybridized carbons (Fsp3) is 0.911. The molecule has 0 saturated heterocycles. The van der Waals surface area contributed by atoms with E-state index in [2.05, 4.69) is 32.9 Å². The fourth-order valence-corrected chi connectivity index (χ4v) is 8.32. The van der Waals surface area contributed by atoms with Gasteiger partial charge < -0.3 is 14.2 Å². The molecule has 0 aliphatic carbocycles. The van der Waals surface area contributed by atoms with Crippen LogP contribution in [0, 0.1) is 0 Å². The van der Waals surface area contributed by atoms with E-state index < -0.39 is 6.10 Å². The van der Waals surface area contributed by atoms with Gasteiger partial charge in [0.1, 0.15) is 13.2 Å². The van der Waals surface area contributed by atoms with Crippen molar-refractivity contribution in [2.75, 3.05) is 13.2 Å². The molecule has 0 rings (SSSR count). The van der Waals surface area contributed by atoms with Gasteiger partial charge in [-0.2, -0.15) is 0 Å². The van der Waals surface area contributed by atoms with Crippen LogP contribution in [0.4, 0.5) is 0 Å². The Morgan fingerprint density at radius 2 is 0.532 bits per heavy atom. The van der Waals surface area contributed by atoms with Crippen molar-refractivity contribution in [2.24, 2.45) is 0 Å². The minimum atomic E-state index is -0.769. The molecular formula is C56H106O6. The Kier molecular flexibility index (Phi) is 50.2. The fourth-order valence-electron chi connectivity index (χ4n) is 8.32. The molecule has 0 aromatic heterocycles. The molecule has 0 spiro atoms. The van der Waals surface area contributed by atoms with Crippen molar-refractivity contribution in [3.63, 3.8) is 0 Å². The van der Waals surface area contributed by atoms with E-state index in [0.29, 0.717) is 19.3 Å². The Hall–Kier alpha value is -1.85. The van der Waals surface area contributed by atoms with Crippen LogP contribution in [-0.4, -0.2) is 37.2 Å². The van der Waals surface area contributed by atoms with Crippen LogP contribution >= 0.6 is 0 Å². The summed E-state index contributed by atoms with van der Waals surface area (Å²) in [6.45, 7) is 6.67. The lowest BCUT2D eigenvalue weighted by Gasteiger charge is -2.18. The van der Waals surface area contributed by atoms with E-state index in [1.165, 1.54) is 205 Å². The molecule has 0 bridgehead atoms. The van der Waals surface area contributed by atoms with E-state index in [0.717, 1.165) is 64.2 Å². The summed E-state index contributed by atoms with van der Waals surface area (Å²) in [7, 11) is 0. The van der Waals surface area contributed by atoms with Crippen molar-refractivity contribution in [1.29, 1.82) is 0 Å². The molecule has 0 aromatic carbocycles. The minimum absolute atomic E-state index is 0.0688. The first kappa shape index (κ1) is 60.2. The largest absolute Gasteiger partial charge is 0.462 e. The maximum Gasteiger partial charge on any atom is 0.306 e. The molecule has 0 fully saturated rings. The van der Waals surface area contributed by atoms with E-state index in [4.69, 9.17) is 14.2 Å². The molecule has 62 heavy (non-hydrogen) atoms. The van der Waals surface area contributed by atoms with Gasteiger partial charge in [-0.1, -0.05) is 258 Å². The van der Waals surface area contributed by atoms with E-state index in [-0.39, 0.29) is 31.1 Å². The first-order chi connectivity index (χ1) is 30.5. The zero-order valence-corrected chi connectivity index (χ0v) is 41.9. The normalized spacial score (nSPS) is 12.0. The third kappa shape index (κ3) is 49.2. The molecule has 366 valence electrons. The van der Waals surface area contributed by atoms with Crippen LogP contribution in [0.1, 0.15) is 310 Å². The van der Waals surface area contributed by atoms with Crippen LogP contribution in [0.25, 0.3) is 0 Å².